The van der Waals surface area contributed by atoms with Gasteiger partial charge in [0.15, 0.2) is 0 Å². The third-order valence-corrected chi connectivity index (χ3v) is 3.07. The van der Waals surface area contributed by atoms with E-state index in [0.29, 0.717) is 0 Å². The second-order valence-electron chi connectivity index (χ2n) is 4.69. The van der Waals surface area contributed by atoms with Gasteiger partial charge in [-0.25, -0.2) is 0 Å². The van der Waals surface area contributed by atoms with Crippen LogP contribution in [-0.2, 0) is 0 Å². The Bertz CT molecular complexity index is 297. The van der Waals surface area contributed by atoms with Gasteiger partial charge >= 0.3 is 0 Å². The molecule has 0 aromatic heterocycles. The van der Waals surface area contributed by atoms with E-state index in [4.69, 9.17) is 0 Å². The second kappa shape index (κ2) is 8.86. The van der Waals surface area contributed by atoms with Crippen LogP contribution in [0.15, 0.2) is 48.7 Å². The van der Waals surface area contributed by atoms with Crippen molar-refractivity contribution >= 4 is 0 Å². The van der Waals surface area contributed by atoms with Crippen molar-refractivity contribution in [3.8, 4) is 0 Å². The second-order valence-corrected chi connectivity index (χ2v) is 4.69. The van der Waals surface area contributed by atoms with Gasteiger partial charge in [-0.05, 0) is 44.7 Å². The van der Waals surface area contributed by atoms with Gasteiger partial charge in [0.1, 0.15) is 0 Å². The Morgan fingerprint density at radius 3 is 2.94 bits per heavy atom. The number of nitrogens with one attached hydrogen (secondary N) is 1. The van der Waals surface area contributed by atoms with E-state index in [2.05, 4.69) is 36.7 Å². The van der Waals surface area contributed by atoms with Crippen LogP contribution in [0, 0.1) is 0 Å². The lowest BCUT2D eigenvalue weighted by atomic mass is 9.96. The van der Waals surface area contributed by atoms with Crippen LogP contribution in [0.25, 0.3) is 0 Å². The van der Waals surface area contributed by atoms with Crippen LogP contribution in [0.1, 0.15) is 44.9 Å². The molecule has 0 atom stereocenters. The molecule has 17 heavy (non-hydrogen) atoms. The third kappa shape index (κ3) is 6.83. The van der Waals surface area contributed by atoms with E-state index in [9.17, 15) is 0 Å². The minimum Gasteiger partial charge on any atom is -0.391 e. The van der Waals surface area contributed by atoms with Gasteiger partial charge in [0, 0.05) is 6.54 Å². The fourth-order valence-electron chi connectivity index (χ4n) is 2.09. The molecule has 0 spiro atoms. The highest BCUT2D eigenvalue weighted by Gasteiger charge is 2.02. The number of unbranched alkanes of at least 4 members (excludes halogenated alkanes) is 2. The first kappa shape index (κ1) is 13.8. The van der Waals surface area contributed by atoms with Crippen molar-refractivity contribution in [3.63, 3.8) is 0 Å². The van der Waals surface area contributed by atoms with Gasteiger partial charge in [-0.15, -0.1) is 0 Å². The average molecular weight is 231 g/mol. The van der Waals surface area contributed by atoms with Crippen molar-refractivity contribution in [1.29, 1.82) is 0 Å². The van der Waals surface area contributed by atoms with Gasteiger partial charge < -0.3 is 5.32 Å². The smallest absolute Gasteiger partial charge is 0.0141 e. The van der Waals surface area contributed by atoms with Crippen LogP contribution >= 0.6 is 0 Å². The molecular weight excluding hydrogens is 206 g/mol. The predicted octanol–water partition coefficient (Wildman–Crippen LogP) is 4.50. The normalized spacial score (nSPS) is 14.2. The van der Waals surface area contributed by atoms with E-state index in [1.807, 2.05) is 0 Å². The van der Waals surface area contributed by atoms with Crippen LogP contribution in [0.2, 0.25) is 0 Å². The highest BCUT2D eigenvalue weighted by Crippen LogP contribution is 2.21. The van der Waals surface area contributed by atoms with Crippen LogP contribution in [0.3, 0.4) is 0 Å². The van der Waals surface area contributed by atoms with Gasteiger partial charge in [0.05, 0.1) is 0 Å². The molecule has 0 saturated heterocycles. The van der Waals surface area contributed by atoms with Crippen molar-refractivity contribution in [2.24, 2.45) is 0 Å². The van der Waals surface area contributed by atoms with Gasteiger partial charge in [-0.3, -0.25) is 0 Å². The minimum absolute atomic E-state index is 1.05. The third-order valence-electron chi connectivity index (χ3n) is 3.07. The molecule has 0 fully saturated rings. The summed E-state index contributed by atoms with van der Waals surface area (Å²) in [5, 5.41) is 3.13. The van der Waals surface area contributed by atoms with Crippen molar-refractivity contribution < 1.29 is 0 Å². The Balaban J connectivity index is 2.03. The van der Waals surface area contributed by atoms with Gasteiger partial charge in [0.2, 0.25) is 0 Å². The summed E-state index contributed by atoms with van der Waals surface area (Å²) in [5.74, 6) is 0. The first-order valence-electron chi connectivity index (χ1n) is 6.68. The van der Waals surface area contributed by atoms with Crippen molar-refractivity contribution in [2.45, 2.75) is 44.9 Å². The Kier molecular flexibility index (Phi) is 7.20. The molecule has 0 aromatic rings. The lowest BCUT2D eigenvalue weighted by molar-refractivity contribution is 0.648. The molecule has 0 aliphatic heterocycles. The fraction of sp³-hybridized carbons (Fsp3) is 0.500. The quantitative estimate of drug-likeness (QED) is 0.455. The van der Waals surface area contributed by atoms with Crippen LogP contribution in [-0.4, -0.2) is 6.54 Å². The zero-order valence-corrected chi connectivity index (χ0v) is 10.9. The Morgan fingerprint density at radius 1 is 1.35 bits per heavy atom. The summed E-state index contributed by atoms with van der Waals surface area (Å²) in [6, 6.07) is 0. The summed E-state index contributed by atoms with van der Waals surface area (Å²) in [6.45, 7) is 8.87. The molecule has 1 aliphatic carbocycles. The molecule has 0 aromatic carbocycles. The minimum atomic E-state index is 1.05. The first-order chi connectivity index (χ1) is 8.33. The van der Waals surface area contributed by atoms with Crippen LogP contribution in [0.5, 0.6) is 0 Å². The molecule has 1 heteroatoms. The van der Waals surface area contributed by atoms with Gasteiger partial charge in [-0.1, -0.05) is 49.0 Å². The van der Waals surface area contributed by atoms with Gasteiger partial charge in [-0.2, -0.15) is 0 Å². The van der Waals surface area contributed by atoms with E-state index >= 15 is 0 Å². The molecule has 0 heterocycles. The zero-order chi connectivity index (χ0) is 12.3. The largest absolute Gasteiger partial charge is 0.391 e. The fourth-order valence-corrected chi connectivity index (χ4v) is 2.09. The summed E-state index contributed by atoms with van der Waals surface area (Å²) in [7, 11) is 0. The Hall–Kier alpha value is -1.24. The molecule has 0 radical (unpaired) electrons. The molecule has 0 amide bonds. The summed E-state index contributed by atoms with van der Waals surface area (Å²) in [6.07, 6.45) is 16.9. The highest BCUT2D eigenvalue weighted by molar-refractivity contribution is 5.22. The van der Waals surface area contributed by atoms with Crippen molar-refractivity contribution in [1.82, 2.24) is 5.32 Å². The molecule has 94 valence electrons. The molecule has 1 N–H and O–H groups in total. The summed E-state index contributed by atoms with van der Waals surface area (Å²) in [4.78, 5) is 0. The molecule has 1 aliphatic rings. The van der Waals surface area contributed by atoms with E-state index in [1.54, 1.807) is 11.8 Å². The Morgan fingerprint density at radius 2 is 2.24 bits per heavy atom. The predicted molar refractivity (Wildman–Crippen MR) is 76.9 cm³/mol. The summed E-state index contributed by atoms with van der Waals surface area (Å²) in [5.41, 5.74) is 2.94. The molecule has 0 saturated carbocycles. The zero-order valence-electron chi connectivity index (χ0n) is 10.9. The van der Waals surface area contributed by atoms with E-state index in [1.165, 1.54) is 44.1 Å². The van der Waals surface area contributed by atoms with Crippen molar-refractivity contribution in [3.05, 3.63) is 48.7 Å². The maximum Gasteiger partial charge on any atom is 0.0141 e. The molecular formula is C16H25N. The van der Waals surface area contributed by atoms with Gasteiger partial charge in [0.25, 0.3) is 0 Å². The van der Waals surface area contributed by atoms with Crippen molar-refractivity contribution in [2.75, 3.05) is 6.54 Å². The van der Waals surface area contributed by atoms with Crippen LogP contribution < -0.4 is 5.32 Å². The maximum atomic E-state index is 4.19. The number of hydrogen-bond acceptors (Lipinski definition) is 1. The number of hydrogen-bond donors (Lipinski definition) is 1. The first-order valence-corrected chi connectivity index (χ1v) is 6.68. The lowest BCUT2D eigenvalue weighted by Crippen LogP contribution is -2.05. The van der Waals surface area contributed by atoms with E-state index < -0.39 is 0 Å². The number of allylic oxidation sites excluding steroid dienone is 5. The molecule has 0 bridgehead atoms. The topological polar surface area (TPSA) is 12.0 Å². The maximum absolute atomic E-state index is 4.19. The highest BCUT2D eigenvalue weighted by atomic mass is 14.8. The standard InChI is InChI=1S/C16H25N/c1-3-17-13-9-5-6-10-15(2)14-16-11-7-4-8-12-16/h3-4,7,11,17H,1-2,5-6,8-10,12-14H2. The average Bonchev–Trinajstić information content (AvgIpc) is 2.35. The summed E-state index contributed by atoms with van der Waals surface area (Å²) < 4.78 is 0. The summed E-state index contributed by atoms with van der Waals surface area (Å²) >= 11 is 0. The van der Waals surface area contributed by atoms with E-state index in [-0.39, 0.29) is 0 Å². The van der Waals surface area contributed by atoms with E-state index in [0.717, 1.165) is 13.0 Å². The lowest BCUT2D eigenvalue weighted by Gasteiger charge is -2.11. The molecule has 0 unspecified atom stereocenters. The molecule has 1 nitrogen and oxygen atoms in total. The molecule has 1 rings (SSSR count). The van der Waals surface area contributed by atoms with Crippen LogP contribution in [0.4, 0.5) is 0 Å². The number of rotatable bonds is 9. The Labute approximate surface area is 106 Å². The monoisotopic (exact) mass is 231 g/mol. The SMILES string of the molecule is C=CNCCCCCC(=C)CC1=CC=CCC1.